The highest BCUT2D eigenvalue weighted by Gasteiger charge is 2.19. The fraction of sp³-hybridized carbons (Fsp3) is 0.261. The van der Waals surface area contributed by atoms with Crippen molar-refractivity contribution in [2.45, 2.75) is 33.1 Å². The Morgan fingerprint density at radius 3 is 2.42 bits per heavy atom. The van der Waals surface area contributed by atoms with Crippen LogP contribution in [0.5, 0.6) is 5.75 Å². The topological polar surface area (TPSA) is 38.3 Å². The van der Waals surface area contributed by atoms with E-state index < -0.39 is 0 Å². The molecule has 0 saturated heterocycles. The lowest BCUT2D eigenvalue weighted by molar-refractivity contribution is -0.118. The first kappa shape index (κ1) is 18.0. The summed E-state index contributed by atoms with van der Waals surface area (Å²) in [6.45, 7) is 8.42. The SMILES string of the molecule is Cc1ccc(C(C)(C)C)c(OCC(=O)Nc2ccc3ccccc3c2)c1. The van der Waals surface area contributed by atoms with Gasteiger partial charge in [-0.15, -0.1) is 0 Å². The van der Waals surface area contributed by atoms with Crippen molar-refractivity contribution < 1.29 is 9.53 Å². The zero-order chi connectivity index (χ0) is 18.7. The second kappa shape index (κ2) is 7.20. The Bertz CT molecular complexity index is 938. The minimum Gasteiger partial charge on any atom is -0.483 e. The van der Waals surface area contributed by atoms with E-state index in [1.165, 1.54) is 0 Å². The van der Waals surface area contributed by atoms with Crippen molar-refractivity contribution in [2.75, 3.05) is 11.9 Å². The Balaban J connectivity index is 1.70. The largest absolute Gasteiger partial charge is 0.483 e. The highest BCUT2D eigenvalue weighted by Crippen LogP contribution is 2.32. The van der Waals surface area contributed by atoms with E-state index in [0.717, 1.165) is 33.3 Å². The fourth-order valence-corrected chi connectivity index (χ4v) is 2.98. The summed E-state index contributed by atoms with van der Waals surface area (Å²) in [5, 5.41) is 5.16. The van der Waals surface area contributed by atoms with Gasteiger partial charge in [-0.3, -0.25) is 4.79 Å². The molecule has 0 bridgehead atoms. The van der Waals surface area contributed by atoms with Crippen LogP contribution in [0.1, 0.15) is 31.9 Å². The van der Waals surface area contributed by atoms with Gasteiger partial charge in [0.05, 0.1) is 0 Å². The van der Waals surface area contributed by atoms with E-state index in [1.54, 1.807) is 0 Å². The average Bonchev–Trinajstić information content (AvgIpc) is 2.59. The minimum absolute atomic E-state index is 0.0145. The first-order chi connectivity index (χ1) is 12.3. The lowest BCUT2D eigenvalue weighted by Crippen LogP contribution is -2.22. The molecule has 0 unspecified atom stereocenters. The van der Waals surface area contributed by atoms with Crippen molar-refractivity contribution in [3.05, 3.63) is 71.8 Å². The first-order valence-electron chi connectivity index (χ1n) is 8.85. The number of carbonyl (C=O) groups excluding carboxylic acids is 1. The molecule has 0 fully saturated rings. The number of anilines is 1. The summed E-state index contributed by atoms with van der Waals surface area (Å²) in [7, 11) is 0. The van der Waals surface area contributed by atoms with E-state index in [4.69, 9.17) is 4.74 Å². The van der Waals surface area contributed by atoms with Gasteiger partial charge in [0.2, 0.25) is 0 Å². The number of hydrogen-bond acceptors (Lipinski definition) is 2. The van der Waals surface area contributed by atoms with Crippen LogP contribution in [0.3, 0.4) is 0 Å². The normalized spacial score (nSPS) is 11.4. The molecule has 134 valence electrons. The zero-order valence-corrected chi connectivity index (χ0v) is 15.8. The maximum absolute atomic E-state index is 12.3. The van der Waals surface area contributed by atoms with Crippen molar-refractivity contribution in [1.82, 2.24) is 0 Å². The van der Waals surface area contributed by atoms with Crippen LogP contribution in [0, 0.1) is 6.92 Å². The Kier molecular flexibility index (Phi) is 4.99. The van der Waals surface area contributed by atoms with Gasteiger partial charge in [-0.2, -0.15) is 0 Å². The smallest absolute Gasteiger partial charge is 0.262 e. The molecule has 0 atom stereocenters. The second-order valence-electron chi connectivity index (χ2n) is 7.65. The van der Waals surface area contributed by atoms with Crippen LogP contribution in [0.4, 0.5) is 5.69 Å². The van der Waals surface area contributed by atoms with Crippen molar-refractivity contribution in [2.24, 2.45) is 0 Å². The monoisotopic (exact) mass is 347 g/mol. The van der Waals surface area contributed by atoms with Crippen molar-refractivity contribution in [3.63, 3.8) is 0 Å². The zero-order valence-electron chi connectivity index (χ0n) is 15.8. The number of ether oxygens (including phenoxy) is 1. The van der Waals surface area contributed by atoms with Gasteiger partial charge < -0.3 is 10.1 Å². The van der Waals surface area contributed by atoms with Gasteiger partial charge >= 0.3 is 0 Å². The lowest BCUT2D eigenvalue weighted by atomic mass is 9.86. The van der Waals surface area contributed by atoms with E-state index in [2.05, 4.69) is 44.3 Å². The molecule has 3 aromatic carbocycles. The summed E-state index contributed by atoms with van der Waals surface area (Å²) in [6, 6.07) is 20.1. The number of rotatable bonds is 4. The molecule has 3 heteroatoms. The third kappa shape index (κ3) is 4.23. The molecule has 0 saturated carbocycles. The number of aryl methyl sites for hydroxylation is 1. The summed E-state index contributed by atoms with van der Waals surface area (Å²) < 4.78 is 5.85. The van der Waals surface area contributed by atoms with Crippen molar-refractivity contribution in [1.29, 1.82) is 0 Å². The molecule has 3 rings (SSSR count). The molecular formula is C23H25NO2. The fourth-order valence-electron chi connectivity index (χ4n) is 2.98. The van der Waals surface area contributed by atoms with Gasteiger partial charge in [-0.05, 0) is 52.4 Å². The summed E-state index contributed by atoms with van der Waals surface area (Å²) >= 11 is 0. The molecule has 3 aromatic rings. The second-order valence-corrected chi connectivity index (χ2v) is 7.65. The third-order valence-electron chi connectivity index (χ3n) is 4.34. The summed E-state index contributed by atoms with van der Waals surface area (Å²) in [5.41, 5.74) is 2.94. The van der Waals surface area contributed by atoms with Gasteiger partial charge in [-0.25, -0.2) is 0 Å². The molecule has 3 nitrogen and oxygen atoms in total. The molecule has 0 spiro atoms. The molecule has 1 N–H and O–H groups in total. The molecule has 0 radical (unpaired) electrons. The van der Waals surface area contributed by atoms with E-state index in [1.807, 2.05) is 49.4 Å². The number of carbonyl (C=O) groups is 1. The Morgan fingerprint density at radius 1 is 0.962 bits per heavy atom. The molecule has 0 aromatic heterocycles. The van der Waals surface area contributed by atoms with Gasteiger partial charge in [0.25, 0.3) is 5.91 Å². The minimum atomic E-state index is -0.165. The quantitative estimate of drug-likeness (QED) is 0.680. The highest BCUT2D eigenvalue weighted by atomic mass is 16.5. The van der Waals surface area contributed by atoms with E-state index in [0.29, 0.717) is 0 Å². The molecule has 26 heavy (non-hydrogen) atoms. The number of amides is 1. The van der Waals surface area contributed by atoms with Gasteiger partial charge in [-0.1, -0.05) is 63.2 Å². The van der Waals surface area contributed by atoms with Crippen molar-refractivity contribution in [3.8, 4) is 5.75 Å². The summed E-state index contributed by atoms with van der Waals surface area (Å²) in [4.78, 5) is 12.3. The molecule has 0 aliphatic rings. The van der Waals surface area contributed by atoms with E-state index in [9.17, 15) is 4.79 Å². The first-order valence-corrected chi connectivity index (χ1v) is 8.85. The number of fused-ring (bicyclic) bond motifs is 1. The number of nitrogens with one attached hydrogen (secondary N) is 1. The van der Waals surface area contributed by atoms with Crippen LogP contribution >= 0.6 is 0 Å². The highest BCUT2D eigenvalue weighted by molar-refractivity contribution is 5.95. The third-order valence-corrected chi connectivity index (χ3v) is 4.34. The summed E-state index contributed by atoms with van der Waals surface area (Å²) in [5.74, 6) is 0.604. The Morgan fingerprint density at radius 2 is 1.69 bits per heavy atom. The standard InChI is InChI=1S/C23H25NO2/c1-16-9-12-20(23(2,3)4)21(13-16)26-15-22(25)24-19-11-10-17-7-5-6-8-18(17)14-19/h5-14H,15H2,1-4H3,(H,24,25). The molecule has 0 aliphatic carbocycles. The molecule has 1 amide bonds. The molecule has 0 heterocycles. The Hall–Kier alpha value is -2.81. The van der Waals surface area contributed by atoms with Gasteiger partial charge in [0.1, 0.15) is 5.75 Å². The van der Waals surface area contributed by atoms with Crippen molar-refractivity contribution >= 4 is 22.4 Å². The van der Waals surface area contributed by atoms with Gasteiger partial charge in [0.15, 0.2) is 6.61 Å². The van der Waals surface area contributed by atoms with E-state index in [-0.39, 0.29) is 17.9 Å². The maximum Gasteiger partial charge on any atom is 0.262 e. The number of benzene rings is 3. The van der Waals surface area contributed by atoms with Crippen LogP contribution in [-0.2, 0) is 10.2 Å². The predicted octanol–water partition coefficient (Wildman–Crippen LogP) is 5.46. The predicted molar refractivity (Wildman–Crippen MR) is 108 cm³/mol. The van der Waals surface area contributed by atoms with Crippen LogP contribution in [-0.4, -0.2) is 12.5 Å². The lowest BCUT2D eigenvalue weighted by Gasteiger charge is -2.23. The van der Waals surface area contributed by atoms with Crippen LogP contribution in [0.2, 0.25) is 0 Å². The van der Waals surface area contributed by atoms with Crippen LogP contribution in [0.25, 0.3) is 10.8 Å². The summed E-state index contributed by atoms with van der Waals surface area (Å²) in [6.07, 6.45) is 0. The van der Waals surface area contributed by atoms with Crippen LogP contribution < -0.4 is 10.1 Å². The maximum atomic E-state index is 12.3. The van der Waals surface area contributed by atoms with E-state index >= 15 is 0 Å². The average molecular weight is 347 g/mol. The van der Waals surface area contributed by atoms with Gasteiger partial charge in [0, 0.05) is 5.69 Å². The molecular weight excluding hydrogens is 322 g/mol. The number of hydrogen-bond donors (Lipinski definition) is 1. The van der Waals surface area contributed by atoms with Crippen LogP contribution in [0.15, 0.2) is 60.7 Å². The Labute approximate surface area is 155 Å². The molecule has 0 aliphatic heterocycles.